The van der Waals surface area contributed by atoms with Gasteiger partial charge in [-0.1, -0.05) is 47.6 Å². The van der Waals surface area contributed by atoms with E-state index in [4.69, 9.17) is 4.74 Å². The Kier molecular flexibility index (Phi) is 6.91. The topological polar surface area (TPSA) is 9.23 Å². The molecule has 1 nitrogen and oxygen atoms in total. The van der Waals surface area contributed by atoms with Crippen LogP contribution < -0.4 is 4.74 Å². The van der Waals surface area contributed by atoms with Crippen molar-refractivity contribution >= 4 is 6.08 Å². The summed E-state index contributed by atoms with van der Waals surface area (Å²) >= 11 is 0. The molecule has 22 heavy (non-hydrogen) atoms. The second kappa shape index (κ2) is 8.43. The number of hydrogen-bond acceptors (Lipinski definition) is 1. The molecule has 0 unspecified atom stereocenters. The van der Waals surface area contributed by atoms with E-state index in [-0.39, 0.29) is 0 Å². The highest BCUT2D eigenvalue weighted by atomic mass is 16.5. The molecule has 1 radical (unpaired) electrons. The highest BCUT2D eigenvalue weighted by Gasteiger charge is 2.08. The van der Waals surface area contributed by atoms with Gasteiger partial charge >= 0.3 is 0 Å². The minimum atomic E-state index is 0.956. The van der Waals surface area contributed by atoms with Gasteiger partial charge in [0.05, 0.1) is 7.11 Å². The van der Waals surface area contributed by atoms with Gasteiger partial charge in [0.25, 0.3) is 0 Å². The van der Waals surface area contributed by atoms with Crippen molar-refractivity contribution in [1.82, 2.24) is 0 Å². The van der Waals surface area contributed by atoms with Gasteiger partial charge in [0, 0.05) is 0 Å². The first-order valence-electron chi connectivity index (χ1n) is 7.54. The molecule has 0 fully saturated rings. The van der Waals surface area contributed by atoms with Gasteiger partial charge in [-0.3, -0.25) is 0 Å². The minimum absolute atomic E-state index is 0.956. The van der Waals surface area contributed by atoms with Crippen molar-refractivity contribution in [3.63, 3.8) is 0 Å². The summed E-state index contributed by atoms with van der Waals surface area (Å²) in [5, 5.41) is 0. The number of hydrogen-bond donors (Lipinski definition) is 0. The second-order valence-corrected chi connectivity index (χ2v) is 5.61. The Morgan fingerprint density at radius 2 is 1.73 bits per heavy atom. The molecule has 1 heteroatoms. The van der Waals surface area contributed by atoms with Crippen molar-refractivity contribution in [2.24, 2.45) is 0 Å². The third-order valence-corrected chi connectivity index (χ3v) is 3.88. The summed E-state index contributed by atoms with van der Waals surface area (Å²) in [5.41, 5.74) is 7.34. The lowest BCUT2D eigenvalue weighted by Gasteiger charge is -2.13. The highest BCUT2D eigenvalue weighted by molar-refractivity contribution is 5.64. The van der Waals surface area contributed by atoms with Crippen molar-refractivity contribution in [2.75, 3.05) is 7.11 Å². The fourth-order valence-electron chi connectivity index (χ4n) is 2.22. The van der Waals surface area contributed by atoms with Crippen LogP contribution in [0.3, 0.4) is 0 Å². The zero-order chi connectivity index (χ0) is 16.7. The monoisotopic (exact) mass is 295 g/mol. The Labute approximate surface area is 135 Å². The molecule has 0 aliphatic heterocycles. The number of ether oxygens (including phenoxy) is 1. The SMILES string of the molecule is [CH2]C=C(C)C=CC=C(C)C=Cc1c(C)cc(OC)c(C)c1C. The summed E-state index contributed by atoms with van der Waals surface area (Å²) < 4.78 is 5.42. The zero-order valence-electron chi connectivity index (χ0n) is 14.7. The molecule has 0 N–H and O–H groups in total. The molecule has 0 heterocycles. The van der Waals surface area contributed by atoms with E-state index in [2.05, 4.69) is 71.1 Å². The largest absolute Gasteiger partial charge is 0.496 e. The summed E-state index contributed by atoms with van der Waals surface area (Å²) in [6, 6.07) is 2.10. The summed E-state index contributed by atoms with van der Waals surface area (Å²) in [6.45, 7) is 14.2. The van der Waals surface area contributed by atoms with E-state index in [9.17, 15) is 0 Å². The van der Waals surface area contributed by atoms with E-state index >= 15 is 0 Å². The van der Waals surface area contributed by atoms with Crippen LogP contribution in [0.15, 0.2) is 47.6 Å². The lowest BCUT2D eigenvalue weighted by atomic mass is 9.96. The molecule has 0 aromatic heterocycles. The molecule has 0 saturated heterocycles. The van der Waals surface area contributed by atoms with Crippen molar-refractivity contribution < 1.29 is 4.74 Å². The molecule has 1 aromatic rings. The fraction of sp³-hybridized carbons (Fsp3) is 0.286. The molecule has 117 valence electrons. The molecule has 0 bridgehead atoms. The minimum Gasteiger partial charge on any atom is -0.496 e. The molecule has 0 saturated carbocycles. The number of rotatable bonds is 5. The first-order valence-corrected chi connectivity index (χ1v) is 7.54. The fourth-order valence-corrected chi connectivity index (χ4v) is 2.22. The molecule has 0 amide bonds. The van der Waals surface area contributed by atoms with E-state index in [1.165, 1.54) is 27.8 Å². The molecule has 0 aliphatic rings. The summed E-state index contributed by atoms with van der Waals surface area (Å²) in [5.74, 6) is 0.956. The van der Waals surface area contributed by atoms with Crippen LogP contribution in [-0.4, -0.2) is 7.11 Å². The maximum absolute atomic E-state index is 5.42. The maximum Gasteiger partial charge on any atom is 0.122 e. The van der Waals surface area contributed by atoms with E-state index in [0.717, 1.165) is 11.3 Å². The Morgan fingerprint density at radius 1 is 1.05 bits per heavy atom. The van der Waals surface area contributed by atoms with Crippen molar-refractivity contribution in [1.29, 1.82) is 0 Å². The normalized spacial score (nSPS) is 13.4. The van der Waals surface area contributed by atoms with Gasteiger partial charge in [-0.15, -0.1) is 0 Å². The Balaban J connectivity index is 3.02. The zero-order valence-corrected chi connectivity index (χ0v) is 14.7. The van der Waals surface area contributed by atoms with E-state index in [0.29, 0.717) is 0 Å². The van der Waals surface area contributed by atoms with E-state index in [1.807, 2.05) is 13.0 Å². The quantitative estimate of drug-likeness (QED) is 0.613. The van der Waals surface area contributed by atoms with Gasteiger partial charge in [0.15, 0.2) is 0 Å². The predicted molar refractivity (Wildman–Crippen MR) is 98.3 cm³/mol. The molecule has 1 aromatic carbocycles. The maximum atomic E-state index is 5.42. The van der Waals surface area contributed by atoms with Gasteiger partial charge < -0.3 is 4.74 Å². The van der Waals surface area contributed by atoms with Gasteiger partial charge in [-0.25, -0.2) is 0 Å². The van der Waals surface area contributed by atoms with E-state index < -0.39 is 0 Å². The van der Waals surface area contributed by atoms with Crippen molar-refractivity contribution in [2.45, 2.75) is 34.6 Å². The Hall–Kier alpha value is -2.02. The molecular weight excluding hydrogens is 268 g/mol. The third kappa shape index (κ3) is 4.77. The molecule has 0 aliphatic carbocycles. The first kappa shape index (κ1) is 18.0. The van der Waals surface area contributed by atoms with Crippen LogP contribution in [0.2, 0.25) is 0 Å². The lowest BCUT2D eigenvalue weighted by Crippen LogP contribution is -1.95. The number of methoxy groups -OCH3 is 1. The Bertz CT molecular complexity index is 640. The third-order valence-electron chi connectivity index (χ3n) is 3.88. The van der Waals surface area contributed by atoms with Gasteiger partial charge in [0.2, 0.25) is 0 Å². The summed E-state index contributed by atoms with van der Waals surface area (Å²) in [6.07, 6.45) is 12.4. The van der Waals surface area contributed by atoms with Crippen molar-refractivity contribution in [3.05, 3.63) is 76.8 Å². The van der Waals surface area contributed by atoms with Gasteiger partial charge in [0.1, 0.15) is 5.75 Å². The molecular formula is C21H27O. The van der Waals surface area contributed by atoms with Crippen LogP contribution >= 0.6 is 0 Å². The number of allylic oxidation sites excluding steroid dienone is 7. The smallest absolute Gasteiger partial charge is 0.122 e. The molecule has 0 atom stereocenters. The number of benzene rings is 1. The van der Waals surface area contributed by atoms with Crippen LogP contribution in [0.25, 0.3) is 6.08 Å². The van der Waals surface area contributed by atoms with Crippen molar-refractivity contribution in [3.8, 4) is 5.75 Å². The second-order valence-electron chi connectivity index (χ2n) is 5.61. The van der Waals surface area contributed by atoms with Crippen LogP contribution in [0, 0.1) is 27.7 Å². The standard InChI is InChI=1S/C21H27O/c1-8-15(2)10-9-11-16(3)12-13-20-17(4)14-21(22-7)19(6)18(20)5/h8-14H,1H2,2-7H3. The van der Waals surface area contributed by atoms with Gasteiger partial charge in [-0.05, 0) is 69.9 Å². The Morgan fingerprint density at radius 3 is 2.32 bits per heavy atom. The highest BCUT2D eigenvalue weighted by Crippen LogP contribution is 2.28. The molecule has 1 rings (SSSR count). The number of aryl methyl sites for hydroxylation is 1. The summed E-state index contributed by atoms with van der Waals surface area (Å²) in [4.78, 5) is 0. The van der Waals surface area contributed by atoms with Crippen LogP contribution in [0.1, 0.15) is 36.1 Å². The molecule has 0 spiro atoms. The average Bonchev–Trinajstić information content (AvgIpc) is 2.50. The average molecular weight is 295 g/mol. The lowest BCUT2D eigenvalue weighted by molar-refractivity contribution is 0.411. The van der Waals surface area contributed by atoms with E-state index in [1.54, 1.807) is 7.11 Å². The van der Waals surface area contributed by atoms with Crippen LogP contribution in [0.5, 0.6) is 5.75 Å². The van der Waals surface area contributed by atoms with Gasteiger partial charge in [-0.2, -0.15) is 0 Å². The predicted octanol–water partition coefficient (Wildman–Crippen LogP) is 5.92. The first-order chi connectivity index (χ1) is 10.4. The summed E-state index contributed by atoms with van der Waals surface area (Å²) in [7, 11) is 1.72. The van der Waals surface area contributed by atoms with Crippen LogP contribution in [0.4, 0.5) is 0 Å². The van der Waals surface area contributed by atoms with Crippen LogP contribution in [-0.2, 0) is 0 Å².